The predicted molar refractivity (Wildman–Crippen MR) is 80.8 cm³/mol. The Kier molecular flexibility index (Phi) is 4.63. The molecule has 0 amide bonds. The molecule has 1 fully saturated rings. The number of carbonyl (C=O) groups is 1. The van der Waals surface area contributed by atoms with E-state index in [2.05, 4.69) is 15.3 Å². The molecule has 0 saturated heterocycles. The molecule has 0 atom stereocenters. The molecule has 20 heavy (non-hydrogen) atoms. The molecular formula is C14H22BN3O2. The molecule has 1 saturated carbocycles. The van der Waals surface area contributed by atoms with Crippen molar-refractivity contribution in [3.05, 3.63) is 12.4 Å². The van der Waals surface area contributed by atoms with E-state index >= 15 is 0 Å². The zero-order valence-electron chi connectivity index (χ0n) is 12.5. The number of carbonyl (C=O) groups excluding carboxylic acids is 1. The van der Waals surface area contributed by atoms with Crippen molar-refractivity contribution in [1.82, 2.24) is 9.97 Å². The molecule has 0 aliphatic heterocycles. The Morgan fingerprint density at radius 2 is 2.05 bits per heavy atom. The molecule has 108 valence electrons. The van der Waals surface area contributed by atoms with Gasteiger partial charge in [-0.2, -0.15) is 0 Å². The average Bonchev–Trinajstić information content (AvgIpc) is 2.44. The van der Waals surface area contributed by atoms with Crippen molar-refractivity contribution in [3.63, 3.8) is 0 Å². The Morgan fingerprint density at radius 1 is 1.45 bits per heavy atom. The molecule has 0 aromatic carbocycles. The zero-order valence-corrected chi connectivity index (χ0v) is 12.5. The number of ether oxygens (including phenoxy) is 1. The summed E-state index contributed by atoms with van der Waals surface area (Å²) in [5.74, 6) is 0.602. The van der Waals surface area contributed by atoms with E-state index in [1.54, 1.807) is 12.4 Å². The fraction of sp³-hybridized carbons (Fsp3) is 0.643. The van der Waals surface area contributed by atoms with Crippen molar-refractivity contribution in [3.8, 4) is 0 Å². The second kappa shape index (κ2) is 6.24. The molecule has 1 aromatic rings. The van der Waals surface area contributed by atoms with Gasteiger partial charge in [-0.15, -0.1) is 0 Å². The molecule has 1 heterocycles. The third-order valence-corrected chi connectivity index (χ3v) is 3.97. The number of hydrogen-bond donors (Lipinski definition) is 1. The molecule has 0 radical (unpaired) electrons. The smallest absolute Gasteiger partial charge is 0.311 e. The monoisotopic (exact) mass is 275 g/mol. The van der Waals surface area contributed by atoms with Crippen LogP contribution in [0.2, 0.25) is 0 Å². The predicted octanol–water partition coefficient (Wildman–Crippen LogP) is 0.659. The summed E-state index contributed by atoms with van der Waals surface area (Å²) in [6, 6.07) is 0.334. The van der Waals surface area contributed by atoms with Crippen molar-refractivity contribution < 1.29 is 9.53 Å². The minimum atomic E-state index is -0.331. The fourth-order valence-electron chi connectivity index (χ4n) is 2.56. The van der Waals surface area contributed by atoms with Crippen molar-refractivity contribution in [2.24, 2.45) is 5.41 Å². The van der Waals surface area contributed by atoms with Crippen LogP contribution in [-0.2, 0) is 9.53 Å². The first-order valence-electron chi connectivity index (χ1n) is 7.26. The standard InChI is InChI=1S/C14H22BN3O2/c1-3-20-12(19)14(2)6-4-11(5-7-14)18-13-16-8-10(15)9-17-13/h8-9,11H,3-7,15H2,1-2H3,(H,16,17,18). The van der Waals surface area contributed by atoms with Crippen molar-refractivity contribution in [1.29, 1.82) is 0 Å². The maximum absolute atomic E-state index is 12.0. The summed E-state index contributed by atoms with van der Waals surface area (Å²) in [5.41, 5.74) is 0.719. The second-order valence-corrected chi connectivity index (χ2v) is 5.78. The van der Waals surface area contributed by atoms with Gasteiger partial charge in [-0.3, -0.25) is 4.79 Å². The SMILES string of the molecule is Bc1cnc(NC2CCC(C)(C(=O)OCC)CC2)nc1. The quantitative estimate of drug-likeness (QED) is 0.646. The van der Waals surface area contributed by atoms with Gasteiger partial charge in [0.1, 0.15) is 7.85 Å². The van der Waals surface area contributed by atoms with E-state index < -0.39 is 0 Å². The summed E-state index contributed by atoms with van der Waals surface area (Å²) in [6.07, 6.45) is 7.17. The third-order valence-electron chi connectivity index (χ3n) is 3.97. The largest absolute Gasteiger partial charge is 0.466 e. The van der Waals surface area contributed by atoms with Crippen molar-refractivity contribution in [2.45, 2.75) is 45.6 Å². The zero-order chi connectivity index (χ0) is 14.6. The van der Waals surface area contributed by atoms with Gasteiger partial charge in [-0.05, 0) is 39.5 Å². The van der Waals surface area contributed by atoms with E-state index in [1.165, 1.54) is 0 Å². The van der Waals surface area contributed by atoms with Gasteiger partial charge in [-0.25, -0.2) is 9.97 Å². The van der Waals surface area contributed by atoms with Crippen LogP contribution in [0.5, 0.6) is 0 Å². The summed E-state index contributed by atoms with van der Waals surface area (Å²) >= 11 is 0. The Bertz CT molecular complexity index is 456. The highest BCUT2D eigenvalue weighted by Gasteiger charge is 2.38. The highest BCUT2D eigenvalue weighted by molar-refractivity contribution is 6.31. The molecular weight excluding hydrogens is 253 g/mol. The van der Waals surface area contributed by atoms with E-state index in [9.17, 15) is 4.79 Å². The van der Waals surface area contributed by atoms with Crippen LogP contribution in [-0.4, -0.2) is 36.4 Å². The first-order chi connectivity index (χ1) is 9.53. The summed E-state index contributed by atoms with van der Waals surface area (Å²) in [5, 5.41) is 3.34. The number of nitrogens with zero attached hydrogens (tertiary/aromatic N) is 2. The van der Waals surface area contributed by atoms with Crippen LogP contribution in [0.4, 0.5) is 5.95 Å². The molecule has 5 nitrogen and oxygen atoms in total. The van der Waals surface area contributed by atoms with Crippen LogP contribution in [0.25, 0.3) is 0 Å². The molecule has 2 rings (SSSR count). The number of esters is 1. The minimum Gasteiger partial charge on any atom is -0.466 e. The number of nitrogens with one attached hydrogen (secondary N) is 1. The van der Waals surface area contributed by atoms with Gasteiger partial charge in [0.05, 0.1) is 12.0 Å². The molecule has 1 aliphatic carbocycles. The van der Waals surface area contributed by atoms with Crippen LogP contribution in [0, 0.1) is 5.41 Å². The number of rotatable bonds is 4. The average molecular weight is 275 g/mol. The lowest BCUT2D eigenvalue weighted by atomic mass is 9.74. The summed E-state index contributed by atoms with van der Waals surface area (Å²) in [6.45, 7) is 4.31. The van der Waals surface area contributed by atoms with Gasteiger partial charge in [0.15, 0.2) is 0 Å². The number of anilines is 1. The number of aromatic nitrogens is 2. The minimum absolute atomic E-state index is 0.0648. The fourth-order valence-corrected chi connectivity index (χ4v) is 2.56. The lowest BCUT2D eigenvalue weighted by Gasteiger charge is -2.35. The normalized spacial score (nSPS) is 26.0. The summed E-state index contributed by atoms with van der Waals surface area (Å²) in [7, 11) is 1.97. The van der Waals surface area contributed by atoms with Crippen LogP contribution in [0.1, 0.15) is 39.5 Å². The lowest BCUT2D eigenvalue weighted by Crippen LogP contribution is -2.38. The Morgan fingerprint density at radius 3 is 2.60 bits per heavy atom. The van der Waals surface area contributed by atoms with E-state index in [-0.39, 0.29) is 11.4 Å². The Hall–Kier alpha value is -1.59. The lowest BCUT2D eigenvalue weighted by molar-refractivity contribution is -0.156. The third kappa shape index (κ3) is 3.49. The molecule has 1 N–H and O–H groups in total. The van der Waals surface area contributed by atoms with Crippen LogP contribution < -0.4 is 10.8 Å². The second-order valence-electron chi connectivity index (χ2n) is 5.78. The van der Waals surface area contributed by atoms with E-state index in [0.29, 0.717) is 18.6 Å². The van der Waals surface area contributed by atoms with Gasteiger partial charge in [0.25, 0.3) is 0 Å². The van der Waals surface area contributed by atoms with Gasteiger partial charge in [-0.1, -0.05) is 5.46 Å². The molecule has 1 aliphatic rings. The van der Waals surface area contributed by atoms with Crippen molar-refractivity contribution in [2.75, 3.05) is 11.9 Å². The first-order valence-corrected chi connectivity index (χ1v) is 7.26. The van der Waals surface area contributed by atoms with Gasteiger partial charge >= 0.3 is 5.97 Å². The van der Waals surface area contributed by atoms with Crippen molar-refractivity contribution >= 4 is 25.2 Å². The van der Waals surface area contributed by atoms with Crippen LogP contribution >= 0.6 is 0 Å². The molecule has 0 spiro atoms. The molecule has 0 bridgehead atoms. The van der Waals surface area contributed by atoms with E-state index in [4.69, 9.17) is 4.74 Å². The first kappa shape index (κ1) is 14.8. The summed E-state index contributed by atoms with van der Waals surface area (Å²) < 4.78 is 5.17. The maximum atomic E-state index is 12.0. The van der Waals surface area contributed by atoms with E-state index in [1.807, 2.05) is 21.7 Å². The highest BCUT2D eigenvalue weighted by atomic mass is 16.5. The Labute approximate surface area is 120 Å². The molecule has 1 aromatic heterocycles. The van der Waals surface area contributed by atoms with Gasteiger partial charge in [0.2, 0.25) is 5.95 Å². The molecule has 0 unspecified atom stereocenters. The van der Waals surface area contributed by atoms with Gasteiger partial charge < -0.3 is 10.1 Å². The van der Waals surface area contributed by atoms with Crippen LogP contribution in [0.3, 0.4) is 0 Å². The van der Waals surface area contributed by atoms with Crippen LogP contribution in [0.15, 0.2) is 12.4 Å². The molecule has 6 heteroatoms. The van der Waals surface area contributed by atoms with E-state index in [0.717, 1.165) is 31.1 Å². The summed E-state index contributed by atoms with van der Waals surface area (Å²) in [4.78, 5) is 20.5. The van der Waals surface area contributed by atoms with Gasteiger partial charge in [0, 0.05) is 18.4 Å². The number of hydrogen-bond acceptors (Lipinski definition) is 5. The maximum Gasteiger partial charge on any atom is 0.311 e. The highest BCUT2D eigenvalue weighted by Crippen LogP contribution is 2.37. The Balaban J connectivity index is 1.88. The topological polar surface area (TPSA) is 64.1 Å².